The van der Waals surface area contributed by atoms with E-state index < -0.39 is 5.91 Å². The molecule has 1 amide bonds. The van der Waals surface area contributed by atoms with Gasteiger partial charge in [-0.2, -0.15) is 0 Å². The third-order valence-electron chi connectivity index (χ3n) is 3.01. The van der Waals surface area contributed by atoms with E-state index in [0.29, 0.717) is 23.1 Å². The van der Waals surface area contributed by atoms with Crippen molar-refractivity contribution in [1.29, 1.82) is 0 Å². The zero-order chi connectivity index (χ0) is 16.8. The summed E-state index contributed by atoms with van der Waals surface area (Å²) >= 11 is 6.20. The second kappa shape index (κ2) is 7.69. The van der Waals surface area contributed by atoms with E-state index >= 15 is 0 Å². The molecule has 0 aliphatic carbocycles. The van der Waals surface area contributed by atoms with Gasteiger partial charge in [-0.05, 0) is 36.8 Å². The number of nitrogens with zero attached hydrogens (tertiary/aromatic N) is 1. The van der Waals surface area contributed by atoms with Crippen LogP contribution in [0.3, 0.4) is 0 Å². The van der Waals surface area contributed by atoms with Gasteiger partial charge in [-0.3, -0.25) is 4.79 Å². The maximum atomic E-state index is 10.8. The van der Waals surface area contributed by atoms with Gasteiger partial charge >= 0.3 is 0 Å². The van der Waals surface area contributed by atoms with Crippen molar-refractivity contribution >= 4 is 23.3 Å². The standard InChI is InChI=1S/C16H18ClN3O3/c1-10-4-3-5-15(20-10)19-8-11-6-12(17)16(13(7-11)22-2)23-9-14(18)21/h3-7H,8-9H2,1-2H3,(H2,18,21)(H,19,20). The average Bonchev–Trinajstić information content (AvgIpc) is 2.51. The predicted molar refractivity (Wildman–Crippen MR) is 89.0 cm³/mol. The Morgan fingerprint density at radius 1 is 1.39 bits per heavy atom. The van der Waals surface area contributed by atoms with Gasteiger partial charge in [0, 0.05) is 12.2 Å². The summed E-state index contributed by atoms with van der Waals surface area (Å²) < 4.78 is 10.6. The van der Waals surface area contributed by atoms with Crippen LogP contribution in [-0.4, -0.2) is 24.6 Å². The topological polar surface area (TPSA) is 86.5 Å². The molecule has 0 fully saturated rings. The van der Waals surface area contributed by atoms with Crippen molar-refractivity contribution < 1.29 is 14.3 Å². The lowest BCUT2D eigenvalue weighted by Gasteiger charge is -2.14. The summed E-state index contributed by atoms with van der Waals surface area (Å²) in [6, 6.07) is 9.26. The molecule has 0 unspecified atom stereocenters. The lowest BCUT2D eigenvalue weighted by molar-refractivity contribution is -0.119. The maximum Gasteiger partial charge on any atom is 0.255 e. The highest BCUT2D eigenvalue weighted by molar-refractivity contribution is 6.32. The van der Waals surface area contributed by atoms with Gasteiger partial charge in [0.05, 0.1) is 12.1 Å². The molecule has 23 heavy (non-hydrogen) atoms. The molecule has 0 radical (unpaired) electrons. The number of ether oxygens (including phenoxy) is 2. The summed E-state index contributed by atoms with van der Waals surface area (Å²) in [5.74, 6) is 0.923. The van der Waals surface area contributed by atoms with Gasteiger partial charge in [0.15, 0.2) is 18.1 Å². The van der Waals surface area contributed by atoms with Crippen LogP contribution >= 0.6 is 11.6 Å². The second-order valence-corrected chi connectivity index (χ2v) is 5.29. The van der Waals surface area contributed by atoms with Crippen molar-refractivity contribution in [1.82, 2.24) is 4.98 Å². The minimum atomic E-state index is -0.584. The number of anilines is 1. The number of carbonyl (C=O) groups excluding carboxylic acids is 1. The third kappa shape index (κ3) is 4.75. The molecular weight excluding hydrogens is 318 g/mol. The highest BCUT2D eigenvalue weighted by Gasteiger charge is 2.13. The van der Waals surface area contributed by atoms with Crippen LogP contribution in [0.1, 0.15) is 11.3 Å². The van der Waals surface area contributed by atoms with Gasteiger partial charge in [0.2, 0.25) is 0 Å². The van der Waals surface area contributed by atoms with Gasteiger partial charge in [0.1, 0.15) is 5.82 Å². The molecule has 0 aliphatic heterocycles. The first-order valence-electron chi connectivity index (χ1n) is 6.94. The Bertz CT molecular complexity index is 707. The van der Waals surface area contributed by atoms with E-state index in [2.05, 4.69) is 10.3 Å². The fourth-order valence-electron chi connectivity index (χ4n) is 1.99. The molecule has 0 saturated carbocycles. The van der Waals surface area contributed by atoms with E-state index in [9.17, 15) is 4.79 Å². The van der Waals surface area contributed by atoms with E-state index in [1.807, 2.05) is 25.1 Å². The number of benzene rings is 1. The molecule has 1 aromatic carbocycles. The molecule has 0 bridgehead atoms. The Morgan fingerprint density at radius 2 is 2.17 bits per heavy atom. The Hall–Kier alpha value is -2.47. The van der Waals surface area contributed by atoms with E-state index in [4.69, 9.17) is 26.8 Å². The van der Waals surface area contributed by atoms with Crippen LogP contribution in [0.2, 0.25) is 5.02 Å². The van der Waals surface area contributed by atoms with Crippen molar-refractivity contribution in [3.8, 4) is 11.5 Å². The minimum Gasteiger partial charge on any atom is -0.493 e. The third-order valence-corrected chi connectivity index (χ3v) is 3.29. The van der Waals surface area contributed by atoms with Gasteiger partial charge in [-0.1, -0.05) is 17.7 Å². The first-order valence-corrected chi connectivity index (χ1v) is 7.32. The van der Waals surface area contributed by atoms with Crippen LogP contribution in [0.4, 0.5) is 5.82 Å². The fourth-order valence-corrected chi connectivity index (χ4v) is 2.28. The van der Waals surface area contributed by atoms with Crippen LogP contribution < -0.4 is 20.5 Å². The minimum absolute atomic E-state index is 0.263. The number of hydrogen-bond acceptors (Lipinski definition) is 5. The van der Waals surface area contributed by atoms with Crippen LogP contribution in [0.15, 0.2) is 30.3 Å². The molecule has 122 valence electrons. The Morgan fingerprint density at radius 3 is 2.83 bits per heavy atom. The fraction of sp³-hybridized carbons (Fsp3) is 0.250. The lowest BCUT2D eigenvalue weighted by atomic mass is 10.2. The van der Waals surface area contributed by atoms with Gasteiger partial charge in [0.25, 0.3) is 5.91 Å². The molecule has 0 spiro atoms. The highest BCUT2D eigenvalue weighted by atomic mass is 35.5. The summed E-state index contributed by atoms with van der Waals surface area (Å²) in [6.45, 7) is 2.18. The van der Waals surface area contributed by atoms with Crippen molar-refractivity contribution in [3.63, 3.8) is 0 Å². The molecule has 6 nitrogen and oxygen atoms in total. The number of halogens is 1. The van der Waals surface area contributed by atoms with E-state index in [-0.39, 0.29) is 6.61 Å². The number of methoxy groups -OCH3 is 1. The van der Waals surface area contributed by atoms with E-state index in [0.717, 1.165) is 17.1 Å². The molecule has 0 aliphatic rings. The molecular formula is C16H18ClN3O3. The molecule has 1 heterocycles. The summed E-state index contributed by atoms with van der Waals surface area (Å²) in [4.78, 5) is 15.2. The van der Waals surface area contributed by atoms with Crippen LogP contribution in [0, 0.1) is 6.92 Å². The predicted octanol–water partition coefficient (Wildman–Crippen LogP) is 2.53. The number of nitrogens with one attached hydrogen (secondary N) is 1. The normalized spacial score (nSPS) is 10.2. The maximum absolute atomic E-state index is 10.8. The number of carbonyl (C=O) groups is 1. The number of nitrogens with two attached hydrogens (primary N) is 1. The number of primary amides is 1. The lowest BCUT2D eigenvalue weighted by Crippen LogP contribution is -2.20. The summed E-state index contributed by atoms with van der Waals surface area (Å²) in [6.07, 6.45) is 0. The van der Waals surface area contributed by atoms with Gasteiger partial charge in [-0.15, -0.1) is 0 Å². The molecule has 3 N–H and O–H groups in total. The highest BCUT2D eigenvalue weighted by Crippen LogP contribution is 2.36. The number of aromatic nitrogens is 1. The van der Waals surface area contributed by atoms with Crippen LogP contribution in [-0.2, 0) is 11.3 Å². The summed E-state index contributed by atoms with van der Waals surface area (Å²) in [7, 11) is 1.50. The summed E-state index contributed by atoms with van der Waals surface area (Å²) in [5, 5.41) is 3.56. The van der Waals surface area contributed by atoms with E-state index in [1.54, 1.807) is 12.1 Å². The Balaban J connectivity index is 2.13. The molecule has 2 aromatic rings. The molecule has 0 saturated heterocycles. The molecule has 1 aromatic heterocycles. The zero-order valence-electron chi connectivity index (χ0n) is 12.9. The summed E-state index contributed by atoms with van der Waals surface area (Å²) in [5.41, 5.74) is 6.89. The second-order valence-electron chi connectivity index (χ2n) is 4.88. The monoisotopic (exact) mass is 335 g/mol. The average molecular weight is 336 g/mol. The van der Waals surface area contributed by atoms with Gasteiger partial charge < -0.3 is 20.5 Å². The Labute approximate surface area is 139 Å². The zero-order valence-corrected chi connectivity index (χ0v) is 13.7. The van der Waals surface area contributed by atoms with Gasteiger partial charge in [-0.25, -0.2) is 4.98 Å². The van der Waals surface area contributed by atoms with Crippen molar-refractivity contribution in [2.45, 2.75) is 13.5 Å². The van der Waals surface area contributed by atoms with Crippen LogP contribution in [0.25, 0.3) is 0 Å². The number of amides is 1. The first-order chi connectivity index (χ1) is 11.0. The SMILES string of the molecule is COc1cc(CNc2cccc(C)n2)cc(Cl)c1OCC(N)=O. The molecule has 2 rings (SSSR count). The van der Waals surface area contributed by atoms with Crippen LogP contribution in [0.5, 0.6) is 11.5 Å². The van der Waals surface area contributed by atoms with Crippen molar-refractivity contribution in [2.75, 3.05) is 19.0 Å². The number of hydrogen-bond donors (Lipinski definition) is 2. The van der Waals surface area contributed by atoms with E-state index in [1.165, 1.54) is 7.11 Å². The molecule has 7 heteroatoms. The molecule has 0 atom stereocenters. The number of aryl methyl sites for hydroxylation is 1. The Kier molecular flexibility index (Phi) is 5.65. The van der Waals surface area contributed by atoms with Crippen molar-refractivity contribution in [3.05, 3.63) is 46.6 Å². The quantitative estimate of drug-likeness (QED) is 0.812. The number of pyridine rings is 1. The number of rotatable bonds is 7. The first kappa shape index (κ1) is 16.9. The van der Waals surface area contributed by atoms with Crippen molar-refractivity contribution in [2.24, 2.45) is 5.73 Å². The largest absolute Gasteiger partial charge is 0.493 e. The smallest absolute Gasteiger partial charge is 0.255 e.